The maximum absolute atomic E-state index is 13.8. The molecule has 4 N–H and O–H groups in total. The summed E-state index contributed by atoms with van der Waals surface area (Å²) in [6, 6.07) is 19.4. The highest BCUT2D eigenvalue weighted by Crippen LogP contribution is 2.39. The van der Waals surface area contributed by atoms with E-state index in [1.165, 1.54) is 6.42 Å². The Hall–Kier alpha value is -5.67. The van der Waals surface area contributed by atoms with Crippen LogP contribution in [0.5, 0.6) is 11.5 Å². The minimum absolute atomic E-state index is 0.150. The number of aromatic nitrogens is 5. The number of pyridine rings is 1. The first-order valence-corrected chi connectivity index (χ1v) is 19.5. The van der Waals surface area contributed by atoms with Crippen molar-refractivity contribution in [3.8, 4) is 17.2 Å². The Morgan fingerprint density at radius 2 is 1.79 bits per heavy atom. The number of carbonyl (C=O) groups excluding carboxylic acids is 1. The van der Waals surface area contributed by atoms with Crippen LogP contribution in [0.15, 0.2) is 66.9 Å². The van der Waals surface area contributed by atoms with Crippen LogP contribution in [0.1, 0.15) is 94.3 Å². The van der Waals surface area contributed by atoms with Gasteiger partial charge in [-0.2, -0.15) is 5.10 Å². The number of urea groups is 1. The number of nitrogens with one attached hydrogen (secondary N) is 2. The van der Waals surface area contributed by atoms with Crippen LogP contribution in [0, 0.1) is 0 Å². The van der Waals surface area contributed by atoms with E-state index < -0.39 is 0 Å². The van der Waals surface area contributed by atoms with E-state index in [1.807, 2.05) is 78.1 Å². The smallest absolute Gasteiger partial charge is 0.320 e. The van der Waals surface area contributed by atoms with Crippen molar-refractivity contribution in [3.05, 3.63) is 89.2 Å². The van der Waals surface area contributed by atoms with Crippen LogP contribution in [-0.4, -0.2) is 91.8 Å². The molecule has 1 fully saturated rings. The van der Waals surface area contributed by atoms with Gasteiger partial charge in [-0.1, -0.05) is 51.1 Å². The Morgan fingerprint density at radius 1 is 1.02 bits per heavy atom. The average Bonchev–Trinajstić information content (AvgIpc) is 3.81. The van der Waals surface area contributed by atoms with Crippen LogP contribution in [0.25, 0.3) is 11.3 Å². The van der Waals surface area contributed by atoms with Gasteiger partial charge in [0.05, 0.1) is 30.2 Å². The van der Waals surface area contributed by atoms with Crippen molar-refractivity contribution in [2.24, 2.45) is 0 Å². The summed E-state index contributed by atoms with van der Waals surface area (Å²) in [5, 5.41) is 37.1. The number of carboxylic acid groups (broad SMARTS) is 1. The summed E-state index contributed by atoms with van der Waals surface area (Å²) < 4.78 is 16.5. The first-order chi connectivity index (χ1) is 27.4. The number of anilines is 2. The number of fused-ring (bicyclic) bond motifs is 2. The van der Waals surface area contributed by atoms with E-state index in [9.17, 15) is 9.90 Å². The van der Waals surface area contributed by atoms with Gasteiger partial charge < -0.3 is 34.8 Å². The molecular weight excluding hydrogens is 727 g/mol. The second-order valence-corrected chi connectivity index (χ2v) is 15.9. The molecule has 1 unspecified atom stereocenters. The van der Waals surface area contributed by atoms with Gasteiger partial charge in [0.1, 0.15) is 30.0 Å². The third-order valence-corrected chi connectivity index (χ3v) is 10.4. The van der Waals surface area contributed by atoms with Crippen LogP contribution in [-0.2, 0) is 16.8 Å². The summed E-state index contributed by atoms with van der Waals surface area (Å²) in [7, 11) is 3.97. The number of aliphatic hydroxyl groups excluding tert-OH is 1. The number of rotatable bonds is 11. The van der Waals surface area contributed by atoms with Gasteiger partial charge in [0.25, 0.3) is 6.47 Å². The quantitative estimate of drug-likeness (QED) is 0.108. The molecule has 1 aliphatic carbocycles. The molecule has 304 valence electrons. The molecule has 2 aliphatic rings. The molecular formula is C42H55N9O6. The van der Waals surface area contributed by atoms with Crippen LogP contribution >= 0.6 is 0 Å². The van der Waals surface area contributed by atoms with E-state index in [2.05, 4.69) is 65.6 Å². The maximum Gasteiger partial charge on any atom is 0.320 e. The fourth-order valence-electron chi connectivity index (χ4n) is 7.33. The predicted octanol–water partition coefficient (Wildman–Crippen LogP) is 6.50. The van der Waals surface area contributed by atoms with Gasteiger partial charge in [-0.05, 0) is 82.4 Å². The third kappa shape index (κ3) is 9.66. The van der Waals surface area contributed by atoms with E-state index in [0.717, 1.165) is 66.5 Å². The first kappa shape index (κ1) is 41.0. The Morgan fingerprint density at radius 3 is 2.51 bits per heavy atom. The molecule has 0 spiro atoms. The van der Waals surface area contributed by atoms with Gasteiger partial charge in [0, 0.05) is 42.2 Å². The Labute approximate surface area is 333 Å². The number of carbonyl (C=O) groups is 2. The van der Waals surface area contributed by atoms with Crippen LogP contribution in [0.4, 0.5) is 16.6 Å². The van der Waals surface area contributed by atoms with Gasteiger partial charge in [-0.15, -0.1) is 10.2 Å². The number of piperidine rings is 1. The van der Waals surface area contributed by atoms with E-state index in [0.29, 0.717) is 41.9 Å². The van der Waals surface area contributed by atoms with Crippen molar-refractivity contribution >= 4 is 29.9 Å². The van der Waals surface area contributed by atoms with Gasteiger partial charge in [-0.25, -0.2) is 9.48 Å². The second-order valence-electron chi connectivity index (χ2n) is 15.9. The molecule has 2 aromatic carbocycles. The highest BCUT2D eigenvalue weighted by atomic mass is 16.5. The minimum atomic E-state index is -0.331. The summed E-state index contributed by atoms with van der Waals surface area (Å²) in [4.78, 5) is 26.5. The molecule has 7 rings (SSSR count). The summed E-state index contributed by atoms with van der Waals surface area (Å²) in [5.41, 5.74) is 4.82. The zero-order valence-corrected chi connectivity index (χ0v) is 33.7. The first-order valence-electron chi connectivity index (χ1n) is 19.5. The van der Waals surface area contributed by atoms with E-state index in [4.69, 9.17) is 24.5 Å². The Balaban J connectivity index is 0.00000177. The fourth-order valence-corrected chi connectivity index (χ4v) is 7.33. The molecule has 3 aromatic heterocycles. The molecule has 2 amide bonds. The summed E-state index contributed by atoms with van der Waals surface area (Å²) in [5.74, 6) is 2.71. The molecule has 1 aliphatic heterocycles. The van der Waals surface area contributed by atoms with Gasteiger partial charge >= 0.3 is 6.03 Å². The average molecular weight is 782 g/mol. The van der Waals surface area contributed by atoms with Gasteiger partial charge in [-0.3, -0.25) is 14.5 Å². The number of amides is 2. The topological polar surface area (TPSA) is 172 Å². The molecule has 5 aromatic rings. The number of nitrogens with zero attached hydrogens (tertiary/aromatic N) is 7. The normalized spacial score (nSPS) is 18.0. The van der Waals surface area contributed by atoms with E-state index in [1.54, 1.807) is 4.68 Å². The SMILES string of the molecule is CC1CCCCN1c1nnc2ccc(O[C@@H]3CC[C@H](NC(=O)Nc4cc(C(C)(C)C)nn4-c4ccc(CO)c(OCCN(C)C)c4)c4ccccc43)cn12.O=CO. The number of likely N-dealkylation sites (N-methyl/N-ethyl adjacent to an activating group) is 1. The van der Waals surface area contributed by atoms with Gasteiger partial charge in [0.2, 0.25) is 5.95 Å². The number of hydrogen-bond acceptors (Lipinski definition) is 10. The largest absolute Gasteiger partial charge is 0.492 e. The molecule has 15 nitrogen and oxygen atoms in total. The summed E-state index contributed by atoms with van der Waals surface area (Å²) in [6.07, 6.45) is 6.76. The van der Waals surface area contributed by atoms with Gasteiger partial charge in [0.15, 0.2) is 5.65 Å². The third-order valence-electron chi connectivity index (χ3n) is 10.4. The standard InChI is InChI=1S/C41H53N9O4.CH2O2/c1-27-11-9-10-20-48(27)40-45-44-37-19-16-30(25-49(37)40)54-34-18-17-33(31-12-7-8-13-32(31)34)42-39(52)43-38-24-36(41(2,3)4)46-50(38)29-15-14-28(26-51)35(23-29)53-22-21-47(5)6;2-1-3/h7-8,12-16,19,23-25,27,33-34,51H,9-11,17-18,20-22,26H2,1-6H3,(H2,42,43,52);1H,(H,2,3)/t27?,33-,34+;/m0./s1. The van der Waals surface area contributed by atoms with Crippen molar-refractivity contribution < 1.29 is 29.3 Å². The van der Waals surface area contributed by atoms with Crippen LogP contribution < -0.4 is 25.0 Å². The Bertz CT molecular complexity index is 2140. The molecule has 15 heteroatoms. The molecule has 0 bridgehead atoms. The molecule has 3 atom stereocenters. The number of hydrogen-bond donors (Lipinski definition) is 4. The van der Waals surface area contributed by atoms with Crippen molar-refractivity contribution in [2.45, 2.75) is 90.0 Å². The summed E-state index contributed by atoms with van der Waals surface area (Å²) in [6.45, 7) is 10.3. The highest BCUT2D eigenvalue weighted by Gasteiger charge is 2.31. The van der Waals surface area contributed by atoms with E-state index >= 15 is 0 Å². The lowest BCUT2D eigenvalue weighted by Gasteiger charge is -2.33. The van der Waals surface area contributed by atoms with Crippen molar-refractivity contribution in [3.63, 3.8) is 0 Å². The molecule has 0 radical (unpaired) electrons. The lowest BCUT2D eigenvalue weighted by molar-refractivity contribution is -0.122. The molecule has 0 saturated carbocycles. The lowest BCUT2D eigenvalue weighted by atomic mass is 9.85. The zero-order valence-electron chi connectivity index (χ0n) is 33.7. The number of aliphatic hydroxyl groups is 1. The second kappa shape index (κ2) is 18.1. The van der Waals surface area contributed by atoms with Crippen LogP contribution in [0.2, 0.25) is 0 Å². The minimum Gasteiger partial charge on any atom is -0.492 e. The monoisotopic (exact) mass is 781 g/mol. The molecule has 57 heavy (non-hydrogen) atoms. The lowest BCUT2D eigenvalue weighted by Crippen LogP contribution is -2.38. The summed E-state index contributed by atoms with van der Waals surface area (Å²) >= 11 is 0. The zero-order chi connectivity index (χ0) is 40.7. The predicted molar refractivity (Wildman–Crippen MR) is 219 cm³/mol. The van der Waals surface area contributed by atoms with Crippen LogP contribution in [0.3, 0.4) is 0 Å². The fraction of sp³-hybridized carbons (Fsp3) is 0.452. The molecule has 4 heterocycles. The number of benzene rings is 2. The van der Waals surface area contributed by atoms with Crippen molar-refractivity contribution in [2.75, 3.05) is 44.0 Å². The Kier molecular flexibility index (Phi) is 13.0. The van der Waals surface area contributed by atoms with Crippen molar-refractivity contribution in [1.29, 1.82) is 0 Å². The van der Waals surface area contributed by atoms with Crippen molar-refractivity contribution in [1.82, 2.24) is 34.6 Å². The number of ether oxygens (including phenoxy) is 2. The van der Waals surface area contributed by atoms with E-state index in [-0.39, 0.29) is 36.7 Å². The molecule has 1 saturated heterocycles. The maximum atomic E-state index is 13.8. The highest BCUT2D eigenvalue weighted by molar-refractivity contribution is 5.89.